The SMILES string of the molecule is CCCCC1=c2ccc(Br)cc2=N[N]1. The molecule has 0 unspecified atom stereocenters. The van der Waals surface area contributed by atoms with E-state index in [1.807, 2.05) is 12.1 Å². The standard InChI is InChI=1S/C11H12BrN2/c1-2-3-4-10-9-6-5-8(12)7-11(9)14-13-10/h5-7H,2-4H2,1H3. The van der Waals surface area contributed by atoms with Crippen molar-refractivity contribution in [3.8, 4) is 0 Å². The number of fused-ring (bicyclic) bond motifs is 1. The zero-order valence-corrected chi connectivity index (χ0v) is 9.71. The predicted molar refractivity (Wildman–Crippen MR) is 60.0 cm³/mol. The van der Waals surface area contributed by atoms with Crippen molar-refractivity contribution >= 4 is 21.6 Å². The van der Waals surface area contributed by atoms with Gasteiger partial charge in [-0.1, -0.05) is 29.3 Å². The van der Waals surface area contributed by atoms with Crippen LogP contribution in [0, 0.1) is 0 Å². The Bertz CT molecular complexity index is 451. The first kappa shape index (κ1) is 9.71. The van der Waals surface area contributed by atoms with E-state index >= 15 is 0 Å². The van der Waals surface area contributed by atoms with E-state index in [9.17, 15) is 0 Å². The minimum absolute atomic E-state index is 0.991. The first-order valence-corrected chi connectivity index (χ1v) is 5.68. The van der Waals surface area contributed by atoms with E-state index in [1.54, 1.807) is 0 Å². The number of rotatable bonds is 3. The maximum Gasteiger partial charge on any atom is 0.0959 e. The highest BCUT2D eigenvalue weighted by atomic mass is 79.9. The van der Waals surface area contributed by atoms with Crippen LogP contribution in [0.4, 0.5) is 0 Å². The average molecular weight is 252 g/mol. The van der Waals surface area contributed by atoms with Gasteiger partial charge in [0.2, 0.25) is 0 Å². The normalized spacial score (nSPS) is 13.4. The lowest BCUT2D eigenvalue weighted by Gasteiger charge is -1.96. The number of halogens is 1. The van der Waals surface area contributed by atoms with Gasteiger partial charge in [0.05, 0.1) is 11.1 Å². The van der Waals surface area contributed by atoms with Crippen LogP contribution >= 0.6 is 15.9 Å². The Balaban J connectivity index is 2.40. The fourth-order valence-corrected chi connectivity index (χ4v) is 1.88. The molecule has 1 aromatic rings. The van der Waals surface area contributed by atoms with Gasteiger partial charge in [-0.2, -0.15) is 10.5 Å². The summed E-state index contributed by atoms with van der Waals surface area (Å²) in [6, 6.07) is 6.14. The van der Waals surface area contributed by atoms with E-state index in [-0.39, 0.29) is 0 Å². The molecule has 0 aromatic heterocycles. The summed E-state index contributed by atoms with van der Waals surface area (Å²) in [6.45, 7) is 2.19. The van der Waals surface area contributed by atoms with Gasteiger partial charge >= 0.3 is 0 Å². The second-order valence-corrected chi connectivity index (χ2v) is 4.33. The highest BCUT2D eigenvalue weighted by Crippen LogP contribution is 2.08. The van der Waals surface area contributed by atoms with Crippen molar-refractivity contribution in [2.24, 2.45) is 5.10 Å². The van der Waals surface area contributed by atoms with E-state index in [0.29, 0.717) is 0 Å². The fourth-order valence-electron chi connectivity index (χ4n) is 1.53. The second-order valence-electron chi connectivity index (χ2n) is 3.41. The molecule has 0 aliphatic carbocycles. The predicted octanol–water partition coefficient (Wildman–Crippen LogP) is 1.90. The van der Waals surface area contributed by atoms with Crippen molar-refractivity contribution in [3.05, 3.63) is 33.2 Å². The minimum Gasteiger partial charge on any atom is -0.154 e. The van der Waals surface area contributed by atoms with Crippen molar-refractivity contribution < 1.29 is 0 Å². The molecule has 0 saturated heterocycles. The largest absolute Gasteiger partial charge is 0.154 e. The smallest absolute Gasteiger partial charge is 0.0959 e. The molecule has 2 rings (SSSR count). The average Bonchev–Trinajstić information content (AvgIpc) is 2.57. The van der Waals surface area contributed by atoms with Crippen LogP contribution in [0.1, 0.15) is 26.2 Å². The molecule has 73 valence electrons. The lowest BCUT2D eigenvalue weighted by atomic mass is 10.1. The van der Waals surface area contributed by atoms with Gasteiger partial charge in [0.15, 0.2) is 0 Å². The quantitative estimate of drug-likeness (QED) is 0.785. The second kappa shape index (κ2) is 4.13. The van der Waals surface area contributed by atoms with E-state index < -0.39 is 0 Å². The molecule has 0 amide bonds. The van der Waals surface area contributed by atoms with Crippen LogP contribution in [0.15, 0.2) is 27.8 Å². The summed E-state index contributed by atoms with van der Waals surface area (Å²) in [5.74, 6) is 0. The van der Waals surface area contributed by atoms with Gasteiger partial charge in [-0.15, -0.1) is 0 Å². The summed E-state index contributed by atoms with van der Waals surface area (Å²) in [7, 11) is 0. The lowest BCUT2D eigenvalue weighted by molar-refractivity contribution is 0.783. The monoisotopic (exact) mass is 251 g/mol. The molecule has 0 bridgehead atoms. The van der Waals surface area contributed by atoms with Crippen molar-refractivity contribution in [3.63, 3.8) is 0 Å². The van der Waals surface area contributed by atoms with Crippen LogP contribution in [0.5, 0.6) is 0 Å². The first-order valence-electron chi connectivity index (χ1n) is 4.88. The van der Waals surface area contributed by atoms with Crippen molar-refractivity contribution in [2.45, 2.75) is 26.2 Å². The minimum atomic E-state index is 0.991. The third-order valence-corrected chi connectivity index (χ3v) is 2.81. The topological polar surface area (TPSA) is 26.5 Å². The fraction of sp³-hybridized carbons (Fsp3) is 0.364. The van der Waals surface area contributed by atoms with Crippen LogP contribution in [0.2, 0.25) is 0 Å². The Morgan fingerprint density at radius 3 is 3.00 bits per heavy atom. The van der Waals surface area contributed by atoms with Crippen LogP contribution in [0.3, 0.4) is 0 Å². The number of nitrogens with zero attached hydrogens (tertiary/aromatic N) is 2. The first-order chi connectivity index (χ1) is 6.81. The summed E-state index contributed by atoms with van der Waals surface area (Å²) in [6.07, 6.45) is 3.42. The highest BCUT2D eigenvalue weighted by molar-refractivity contribution is 9.10. The Kier molecular flexibility index (Phi) is 2.87. The molecule has 0 atom stereocenters. The summed E-state index contributed by atoms with van der Waals surface area (Å²) in [5.41, 5.74) is 5.34. The van der Waals surface area contributed by atoms with Crippen molar-refractivity contribution in [1.29, 1.82) is 0 Å². The number of hydrogen-bond donors (Lipinski definition) is 0. The van der Waals surface area contributed by atoms with Gasteiger partial charge < -0.3 is 0 Å². The molecule has 14 heavy (non-hydrogen) atoms. The van der Waals surface area contributed by atoms with Crippen molar-refractivity contribution in [1.82, 2.24) is 5.43 Å². The maximum absolute atomic E-state index is 4.20. The van der Waals surface area contributed by atoms with E-state index in [4.69, 9.17) is 0 Å². The highest BCUT2D eigenvalue weighted by Gasteiger charge is 2.07. The molecule has 2 nitrogen and oxygen atoms in total. The molecule has 0 N–H and O–H groups in total. The lowest BCUT2D eigenvalue weighted by Crippen LogP contribution is -2.22. The summed E-state index contributed by atoms with van der Waals surface area (Å²) in [4.78, 5) is 0. The Hall–Kier alpha value is -0.830. The molecule has 1 aliphatic heterocycles. The summed E-state index contributed by atoms with van der Waals surface area (Å²) in [5, 5.41) is 6.34. The molecule has 1 radical (unpaired) electrons. The van der Waals surface area contributed by atoms with Gasteiger partial charge in [-0.25, -0.2) is 0 Å². The van der Waals surface area contributed by atoms with Gasteiger partial charge in [0.1, 0.15) is 0 Å². The van der Waals surface area contributed by atoms with E-state index in [0.717, 1.165) is 21.9 Å². The van der Waals surface area contributed by atoms with E-state index in [1.165, 1.54) is 18.1 Å². The molecule has 1 heterocycles. The molecule has 3 heteroatoms. The molecule has 0 fully saturated rings. The number of hydrogen-bond acceptors (Lipinski definition) is 1. The Morgan fingerprint density at radius 2 is 2.21 bits per heavy atom. The van der Waals surface area contributed by atoms with Crippen LogP contribution in [-0.4, -0.2) is 0 Å². The third kappa shape index (κ3) is 1.82. The van der Waals surface area contributed by atoms with Crippen LogP contribution in [-0.2, 0) is 0 Å². The van der Waals surface area contributed by atoms with Gasteiger partial charge in [0, 0.05) is 9.69 Å². The Labute approximate surface area is 91.8 Å². The Morgan fingerprint density at radius 1 is 1.36 bits per heavy atom. The van der Waals surface area contributed by atoms with Gasteiger partial charge in [-0.3, -0.25) is 0 Å². The molecule has 1 aromatic carbocycles. The van der Waals surface area contributed by atoms with Crippen LogP contribution in [0.25, 0.3) is 5.70 Å². The number of unbranched alkanes of at least 4 members (excludes halogenated alkanes) is 1. The van der Waals surface area contributed by atoms with E-state index in [2.05, 4.69) is 39.4 Å². The molecule has 0 spiro atoms. The third-order valence-electron chi connectivity index (χ3n) is 2.32. The van der Waals surface area contributed by atoms with Gasteiger partial charge in [0.25, 0.3) is 0 Å². The zero-order valence-electron chi connectivity index (χ0n) is 8.13. The summed E-state index contributed by atoms with van der Waals surface area (Å²) >= 11 is 3.43. The molecule has 0 saturated carbocycles. The van der Waals surface area contributed by atoms with Gasteiger partial charge in [-0.05, 0) is 31.0 Å². The van der Waals surface area contributed by atoms with Crippen LogP contribution < -0.4 is 16.0 Å². The number of benzene rings is 1. The maximum atomic E-state index is 4.20. The van der Waals surface area contributed by atoms with Crippen molar-refractivity contribution in [2.75, 3.05) is 0 Å². The zero-order chi connectivity index (χ0) is 9.97. The molecular weight excluding hydrogens is 240 g/mol. The summed E-state index contributed by atoms with van der Waals surface area (Å²) < 4.78 is 1.06. The molecular formula is C11H12BrN2. The molecule has 1 aliphatic rings.